The molecule has 0 saturated carbocycles. The average molecular weight is 545 g/mol. The van der Waals surface area contributed by atoms with Crippen LogP contribution in [0.5, 0.6) is 0 Å². The fraction of sp³-hybridized carbons (Fsp3) is 0.269. The Hall–Kier alpha value is -3.25. The lowest BCUT2D eigenvalue weighted by atomic mass is 10.1. The molecule has 0 aliphatic heterocycles. The smallest absolute Gasteiger partial charge is 0.256 e. The molecule has 0 bridgehead atoms. The van der Waals surface area contributed by atoms with E-state index in [1.807, 2.05) is 12.1 Å². The van der Waals surface area contributed by atoms with Gasteiger partial charge in [0.05, 0.1) is 17.2 Å². The molecule has 0 heterocycles. The van der Waals surface area contributed by atoms with Crippen molar-refractivity contribution < 1.29 is 21.6 Å². The Bertz CT molecular complexity index is 1320. The van der Waals surface area contributed by atoms with Crippen LogP contribution in [-0.2, 0) is 36.3 Å². The molecule has 37 heavy (non-hydrogen) atoms. The standard InChI is InChI=1S/C26H32N4O5S2/c31-26(29-28-24-16-8-3-9-17-24)25(30-37(34,35)21-23-14-6-2-7-15-23)18-10-11-19-27-36(32,33)20-22-12-4-1-5-13-22/h1-9,12-17,25,27-28,30H,10-11,18-21H2,(H,29,31)/t25-/m0/s1. The maximum atomic E-state index is 12.9. The fourth-order valence-corrected chi connectivity index (χ4v) is 6.15. The number of amides is 1. The minimum Gasteiger partial charge on any atom is -0.299 e. The largest absolute Gasteiger partial charge is 0.299 e. The number of anilines is 1. The molecule has 0 spiro atoms. The van der Waals surface area contributed by atoms with Crippen molar-refractivity contribution in [3.8, 4) is 0 Å². The highest BCUT2D eigenvalue weighted by Crippen LogP contribution is 2.10. The van der Waals surface area contributed by atoms with Gasteiger partial charge in [-0.05, 0) is 36.1 Å². The number of nitrogens with one attached hydrogen (secondary N) is 4. The molecule has 0 unspecified atom stereocenters. The van der Waals surface area contributed by atoms with Crippen LogP contribution < -0.4 is 20.3 Å². The van der Waals surface area contributed by atoms with Gasteiger partial charge < -0.3 is 0 Å². The monoisotopic (exact) mass is 544 g/mol. The Balaban J connectivity index is 1.54. The number of hydrogen-bond donors (Lipinski definition) is 4. The summed E-state index contributed by atoms with van der Waals surface area (Å²) in [4.78, 5) is 12.9. The van der Waals surface area contributed by atoms with Gasteiger partial charge in [0.1, 0.15) is 6.04 Å². The number of para-hydroxylation sites is 1. The molecule has 0 aliphatic rings. The normalized spacial score (nSPS) is 12.5. The van der Waals surface area contributed by atoms with Crippen molar-refractivity contribution in [3.05, 3.63) is 102 Å². The van der Waals surface area contributed by atoms with Crippen LogP contribution in [0.2, 0.25) is 0 Å². The Morgan fingerprint density at radius 1 is 0.676 bits per heavy atom. The second-order valence-corrected chi connectivity index (χ2v) is 12.1. The number of hydrazine groups is 1. The van der Waals surface area contributed by atoms with Crippen LogP contribution in [0.4, 0.5) is 5.69 Å². The molecule has 0 radical (unpaired) electrons. The molecule has 3 aromatic carbocycles. The maximum Gasteiger partial charge on any atom is 0.256 e. The summed E-state index contributed by atoms with van der Waals surface area (Å²) < 4.78 is 55.2. The van der Waals surface area contributed by atoms with Crippen molar-refractivity contribution in [1.29, 1.82) is 0 Å². The fourth-order valence-electron chi connectivity index (χ4n) is 3.58. The first-order chi connectivity index (χ1) is 17.7. The summed E-state index contributed by atoms with van der Waals surface area (Å²) in [6.45, 7) is 0.183. The summed E-state index contributed by atoms with van der Waals surface area (Å²) in [7, 11) is -7.32. The zero-order valence-electron chi connectivity index (χ0n) is 20.3. The van der Waals surface area contributed by atoms with Crippen molar-refractivity contribution in [1.82, 2.24) is 14.9 Å². The minimum atomic E-state index is -3.81. The first-order valence-electron chi connectivity index (χ1n) is 11.9. The van der Waals surface area contributed by atoms with E-state index in [9.17, 15) is 21.6 Å². The Kier molecular flexibility index (Phi) is 10.6. The second-order valence-electron chi connectivity index (χ2n) is 8.53. The topological polar surface area (TPSA) is 133 Å². The Morgan fingerprint density at radius 2 is 1.19 bits per heavy atom. The lowest BCUT2D eigenvalue weighted by Gasteiger charge is -2.19. The molecule has 11 heteroatoms. The highest BCUT2D eigenvalue weighted by atomic mass is 32.2. The molecule has 0 saturated heterocycles. The number of rotatable bonds is 15. The van der Waals surface area contributed by atoms with Crippen LogP contribution in [0.1, 0.15) is 30.4 Å². The van der Waals surface area contributed by atoms with Crippen molar-refractivity contribution in [2.45, 2.75) is 36.8 Å². The minimum absolute atomic E-state index is 0.122. The molecule has 4 N–H and O–H groups in total. The van der Waals surface area contributed by atoms with Gasteiger partial charge in [-0.2, -0.15) is 0 Å². The molecule has 3 rings (SSSR count). The average Bonchev–Trinajstić information content (AvgIpc) is 2.87. The Labute approximate surface area is 218 Å². The zero-order chi connectivity index (χ0) is 26.6. The second kappa shape index (κ2) is 13.9. The van der Waals surface area contributed by atoms with E-state index in [2.05, 4.69) is 20.3 Å². The summed E-state index contributed by atoms with van der Waals surface area (Å²) >= 11 is 0. The van der Waals surface area contributed by atoms with Gasteiger partial charge in [0.15, 0.2) is 0 Å². The van der Waals surface area contributed by atoms with Crippen molar-refractivity contribution in [2.24, 2.45) is 0 Å². The van der Waals surface area contributed by atoms with Crippen LogP contribution in [0.25, 0.3) is 0 Å². The van der Waals surface area contributed by atoms with Crippen molar-refractivity contribution in [3.63, 3.8) is 0 Å². The van der Waals surface area contributed by atoms with E-state index in [0.29, 0.717) is 29.7 Å². The number of hydrogen-bond acceptors (Lipinski definition) is 6. The third kappa shape index (κ3) is 10.7. The lowest BCUT2D eigenvalue weighted by molar-refractivity contribution is -0.122. The maximum absolute atomic E-state index is 12.9. The summed E-state index contributed by atoms with van der Waals surface area (Å²) in [6, 6.07) is 25.5. The van der Waals surface area contributed by atoms with Crippen LogP contribution >= 0.6 is 0 Å². The summed E-state index contributed by atoms with van der Waals surface area (Å²) in [5, 5.41) is 0. The zero-order valence-corrected chi connectivity index (χ0v) is 22.0. The van der Waals surface area contributed by atoms with Crippen LogP contribution in [0.15, 0.2) is 91.0 Å². The molecule has 3 aromatic rings. The third-order valence-corrected chi connectivity index (χ3v) is 8.10. The number of unbranched alkanes of at least 4 members (excludes halogenated alkanes) is 1. The highest BCUT2D eigenvalue weighted by Gasteiger charge is 2.24. The third-order valence-electron chi connectivity index (χ3n) is 5.38. The van der Waals surface area contributed by atoms with Gasteiger partial charge in [-0.25, -0.2) is 26.3 Å². The summed E-state index contributed by atoms with van der Waals surface area (Å²) in [5.41, 5.74) is 7.26. The summed E-state index contributed by atoms with van der Waals surface area (Å²) in [5.74, 6) is -0.920. The Morgan fingerprint density at radius 3 is 1.76 bits per heavy atom. The molecule has 0 aromatic heterocycles. The van der Waals surface area contributed by atoms with Gasteiger partial charge in [0.25, 0.3) is 5.91 Å². The molecule has 1 atom stereocenters. The van der Waals surface area contributed by atoms with Gasteiger partial charge in [-0.15, -0.1) is 0 Å². The molecule has 0 fully saturated rings. The van der Waals surface area contributed by atoms with Crippen molar-refractivity contribution >= 4 is 31.6 Å². The SMILES string of the molecule is O=C(NNc1ccccc1)[C@H](CCCCNS(=O)(=O)Cc1ccccc1)NS(=O)(=O)Cc1ccccc1. The van der Waals surface area contributed by atoms with E-state index in [-0.39, 0.29) is 24.5 Å². The van der Waals surface area contributed by atoms with E-state index in [1.165, 1.54) is 0 Å². The van der Waals surface area contributed by atoms with Crippen LogP contribution in [-0.4, -0.2) is 35.3 Å². The number of carbonyl (C=O) groups is 1. The molecular formula is C26H32N4O5S2. The van der Waals surface area contributed by atoms with Crippen molar-refractivity contribution in [2.75, 3.05) is 12.0 Å². The lowest BCUT2D eigenvalue weighted by Crippen LogP contribution is -2.48. The van der Waals surface area contributed by atoms with Gasteiger partial charge in [0.2, 0.25) is 20.0 Å². The van der Waals surface area contributed by atoms with Crippen LogP contribution in [0, 0.1) is 0 Å². The van der Waals surface area contributed by atoms with E-state index in [0.717, 1.165) is 0 Å². The van der Waals surface area contributed by atoms with E-state index >= 15 is 0 Å². The first-order valence-corrected chi connectivity index (χ1v) is 15.2. The predicted molar refractivity (Wildman–Crippen MR) is 145 cm³/mol. The number of benzene rings is 3. The molecule has 198 valence electrons. The number of carbonyl (C=O) groups excluding carboxylic acids is 1. The molecular weight excluding hydrogens is 512 g/mol. The highest BCUT2D eigenvalue weighted by molar-refractivity contribution is 7.89. The predicted octanol–water partition coefficient (Wildman–Crippen LogP) is 2.91. The van der Waals surface area contributed by atoms with Gasteiger partial charge >= 0.3 is 0 Å². The molecule has 0 aliphatic carbocycles. The number of sulfonamides is 2. The van der Waals surface area contributed by atoms with Gasteiger partial charge in [-0.1, -0.05) is 85.3 Å². The van der Waals surface area contributed by atoms with Gasteiger partial charge in [0, 0.05) is 6.54 Å². The first kappa shape index (κ1) is 28.3. The van der Waals surface area contributed by atoms with Crippen LogP contribution in [0.3, 0.4) is 0 Å². The molecule has 9 nitrogen and oxygen atoms in total. The van der Waals surface area contributed by atoms with Gasteiger partial charge in [-0.3, -0.25) is 15.6 Å². The van der Waals surface area contributed by atoms with E-state index in [1.54, 1.807) is 78.9 Å². The van der Waals surface area contributed by atoms with E-state index < -0.39 is 32.0 Å². The summed E-state index contributed by atoms with van der Waals surface area (Å²) in [6.07, 6.45) is 1.05. The van der Waals surface area contributed by atoms with E-state index in [4.69, 9.17) is 0 Å². The molecule has 1 amide bonds. The quantitative estimate of drug-likeness (QED) is 0.172.